The van der Waals surface area contributed by atoms with E-state index in [1.807, 2.05) is 0 Å². The Labute approximate surface area is 90.6 Å². The number of likely N-dealkylation sites (tertiary alicyclic amines) is 1. The maximum Gasteiger partial charge on any atom is 0.410 e. The lowest BCUT2D eigenvalue weighted by Crippen LogP contribution is -2.33. The summed E-state index contributed by atoms with van der Waals surface area (Å²) in [6.07, 6.45) is 2.86. The Bertz CT molecular complexity index is 240. The summed E-state index contributed by atoms with van der Waals surface area (Å²) in [4.78, 5) is 23.9. The molecule has 1 aliphatic rings. The molecule has 4 heteroatoms. The van der Waals surface area contributed by atoms with Gasteiger partial charge in [0.2, 0.25) is 0 Å². The van der Waals surface area contributed by atoms with E-state index in [-0.39, 0.29) is 18.5 Å². The summed E-state index contributed by atoms with van der Waals surface area (Å²) in [6.45, 7) is 5.01. The molecule has 0 aliphatic carbocycles. The highest BCUT2D eigenvalue weighted by atomic mass is 16.6. The molecule has 0 saturated carbocycles. The first-order chi connectivity index (χ1) is 7.09. The van der Waals surface area contributed by atoms with E-state index in [9.17, 15) is 9.59 Å². The van der Waals surface area contributed by atoms with Gasteiger partial charge in [-0.05, 0) is 32.1 Å². The van der Waals surface area contributed by atoms with Crippen LogP contribution in [0, 0.1) is 5.92 Å². The van der Waals surface area contributed by atoms with E-state index >= 15 is 0 Å². The molecule has 1 fully saturated rings. The molecule has 1 aliphatic heterocycles. The first-order valence-electron chi connectivity index (χ1n) is 5.50. The average molecular weight is 213 g/mol. The molecule has 0 aromatic rings. The first kappa shape index (κ1) is 12.0. The smallest absolute Gasteiger partial charge is 0.410 e. The number of ketones is 1. The second kappa shape index (κ2) is 5.73. The summed E-state index contributed by atoms with van der Waals surface area (Å²) in [5, 5.41) is 0. The third-order valence-corrected chi connectivity index (χ3v) is 2.67. The van der Waals surface area contributed by atoms with Gasteiger partial charge in [-0.15, -0.1) is 0 Å². The molecule has 4 nitrogen and oxygen atoms in total. The predicted octanol–water partition coefficient (Wildman–Crippen LogP) is 1.83. The van der Waals surface area contributed by atoms with E-state index in [2.05, 4.69) is 6.92 Å². The Morgan fingerprint density at radius 3 is 2.73 bits per heavy atom. The fraction of sp³-hybridized carbons (Fsp3) is 0.818. The molecule has 1 unspecified atom stereocenters. The van der Waals surface area contributed by atoms with E-state index in [0.717, 1.165) is 32.4 Å². The second-order valence-corrected chi connectivity index (χ2v) is 4.28. The van der Waals surface area contributed by atoms with Crippen LogP contribution in [0.5, 0.6) is 0 Å². The van der Waals surface area contributed by atoms with Crippen LogP contribution in [-0.4, -0.2) is 36.5 Å². The van der Waals surface area contributed by atoms with Crippen molar-refractivity contribution < 1.29 is 14.3 Å². The fourth-order valence-electron chi connectivity index (χ4n) is 1.70. The molecule has 0 bridgehead atoms. The molecule has 1 atom stereocenters. The lowest BCUT2D eigenvalue weighted by atomic mass is 10.0. The van der Waals surface area contributed by atoms with Crippen LogP contribution in [-0.2, 0) is 9.53 Å². The fourth-order valence-corrected chi connectivity index (χ4v) is 1.70. The second-order valence-electron chi connectivity index (χ2n) is 4.28. The molecule has 0 spiro atoms. The van der Waals surface area contributed by atoms with Crippen molar-refractivity contribution in [3.8, 4) is 0 Å². The van der Waals surface area contributed by atoms with Crippen molar-refractivity contribution in [2.75, 3.05) is 19.7 Å². The van der Waals surface area contributed by atoms with Gasteiger partial charge in [0, 0.05) is 13.1 Å². The van der Waals surface area contributed by atoms with Crippen molar-refractivity contribution in [2.24, 2.45) is 5.92 Å². The number of rotatable bonds is 2. The lowest BCUT2D eigenvalue weighted by Gasteiger charge is -2.19. The molecule has 1 rings (SSSR count). The Hall–Kier alpha value is -1.06. The van der Waals surface area contributed by atoms with E-state index in [1.165, 1.54) is 6.92 Å². The SMILES string of the molecule is CC(=O)COC(=O)N1CCCC(C)CC1. The van der Waals surface area contributed by atoms with Gasteiger partial charge in [-0.25, -0.2) is 4.79 Å². The Balaban J connectivity index is 2.34. The molecule has 86 valence electrons. The first-order valence-corrected chi connectivity index (χ1v) is 5.50. The number of nitrogens with zero attached hydrogens (tertiary/aromatic N) is 1. The van der Waals surface area contributed by atoms with E-state index in [0.29, 0.717) is 5.92 Å². The maximum absolute atomic E-state index is 11.5. The van der Waals surface area contributed by atoms with Crippen LogP contribution in [0.2, 0.25) is 0 Å². The molecule has 0 aromatic carbocycles. The van der Waals surface area contributed by atoms with Crippen LogP contribution < -0.4 is 0 Å². The van der Waals surface area contributed by atoms with Gasteiger partial charge in [0.05, 0.1) is 0 Å². The zero-order valence-electron chi connectivity index (χ0n) is 9.49. The van der Waals surface area contributed by atoms with Gasteiger partial charge in [0.25, 0.3) is 0 Å². The number of amides is 1. The molecular weight excluding hydrogens is 194 g/mol. The summed E-state index contributed by atoms with van der Waals surface area (Å²) in [7, 11) is 0. The zero-order valence-corrected chi connectivity index (χ0v) is 9.49. The summed E-state index contributed by atoms with van der Waals surface area (Å²) in [5.41, 5.74) is 0. The van der Waals surface area contributed by atoms with E-state index in [1.54, 1.807) is 4.90 Å². The number of carbonyl (C=O) groups excluding carboxylic acids is 2. The van der Waals surface area contributed by atoms with Crippen LogP contribution in [0.3, 0.4) is 0 Å². The quantitative estimate of drug-likeness (QED) is 0.703. The number of ether oxygens (including phenoxy) is 1. The van der Waals surface area contributed by atoms with Crippen LogP contribution in [0.25, 0.3) is 0 Å². The van der Waals surface area contributed by atoms with Gasteiger partial charge in [-0.1, -0.05) is 6.92 Å². The largest absolute Gasteiger partial charge is 0.441 e. The van der Waals surface area contributed by atoms with Crippen molar-refractivity contribution in [3.05, 3.63) is 0 Å². The molecule has 15 heavy (non-hydrogen) atoms. The third kappa shape index (κ3) is 4.32. The average Bonchev–Trinajstić information content (AvgIpc) is 2.39. The number of carbonyl (C=O) groups is 2. The van der Waals surface area contributed by atoms with Crippen molar-refractivity contribution in [1.29, 1.82) is 0 Å². The highest BCUT2D eigenvalue weighted by Gasteiger charge is 2.19. The Morgan fingerprint density at radius 1 is 1.33 bits per heavy atom. The molecule has 1 amide bonds. The standard InChI is InChI=1S/C11H19NO3/c1-9-4-3-6-12(7-5-9)11(14)15-8-10(2)13/h9H,3-8H2,1-2H3. The minimum absolute atomic E-state index is 0.106. The lowest BCUT2D eigenvalue weighted by molar-refractivity contribution is -0.120. The monoisotopic (exact) mass is 213 g/mol. The van der Waals surface area contributed by atoms with Gasteiger partial charge in [-0.2, -0.15) is 0 Å². The summed E-state index contributed by atoms with van der Waals surface area (Å²) in [6, 6.07) is 0. The van der Waals surface area contributed by atoms with Crippen molar-refractivity contribution >= 4 is 11.9 Å². The summed E-state index contributed by atoms with van der Waals surface area (Å²) < 4.78 is 4.87. The summed E-state index contributed by atoms with van der Waals surface area (Å²) >= 11 is 0. The van der Waals surface area contributed by atoms with Gasteiger partial charge >= 0.3 is 6.09 Å². The molecule has 0 radical (unpaired) electrons. The van der Waals surface area contributed by atoms with Gasteiger partial charge < -0.3 is 9.64 Å². The number of hydrogen-bond acceptors (Lipinski definition) is 3. The third-order valence-electron chi connectivity index (χ3n) is 2.67. The Kier molecular flexibility index (Phi) is 4.59. The highest BCUT2D eigenvalue weighted by molar-refractivity contribution is 5.79. The molecule has 1 saturated heterocycles. The minimum Gasteiger partial charge on any atom is -0.441 e. The van der Waals surface area contributed by atoms with Crippen molar-refractivity contribution in [2.45, 2.75) is 33.1 Å². The normalized spacial score (nSPS) is 22.0. The van der Waals surface area contributed by atoms with Crippen LogP contribution in [0.15, 0.2) is 0 Å². The molecule has 0 N–H and O–H groups in total. The zero-order chi connectivity index (χ0) is 11.3. The van der Waals surface area contributed by atoms with E-state index in [4.69, 9.17) is 4.74 Å². The topological polar surface area (TPSA) is 46.6 Å². The van der Waals surface area contributed by atoms with Crippen LogP contribution in [0.1, 0.15) is 33.1 Å². The molecule has 1 heterocycles. The van der Waals surface area contributed by atoms with E-state index < -0.39 is 0 Å². The van der Waals surface area contributed by atoms with Crippen LogP contribution in [0.4, 0.5) is 4.79 Å². The minimum atomic E-state index is -0.348. The van der Waals surface area contributed by atoms with Gasteiger partial charge in [-0.3, -0.25) is 4.79 Å². The molecule has 0 aromatic heterocycles. The van der Waals surface area contributed by atoms with Crippen LogP contribution >= 0.6 is 0 Å². The molecular formula is C11H19NO3. The number of Topliss-reactive ketones (excluding diaryl/α,β-unsaturated/α-hetero) is 1. The Morgan fingerprint density at radius 2 is 2.07 bits per heavy atom. The predicted molar refractivity (Wildman–Crippen MR) is 56.6 cm³/mol. The van der Waals surface area contributed by atoms with Gasteiger partial charge in [0.15, 0.2) is 12.4 Å². The van der Waals surface area contributed by atoms with Gasteiger partial charge in [0.1, 0.15) is 0 Å². The summed E-state index contributed by atoms with van der Waals surface area (Å²) in [5.74, 6) is 0.558. The van der Waals surface area contributed by atoms with Crippen molar-refractivity contribution in [1.82, 2.24) is 4.90 Å². The maximum atomic E-state index is 11.5. The van der Waals surface area contributed by atoms with Crippen molar-refractivity contribution in [3.63, 3.8) is 0 Å². The highest BCUT2D eigenvalue weighted by Crippen LogP contribution is 2.16. The number of hydrogen-bond donors (Lipinski definition) is 0.